The third-order valence-electron chi connectivity index (χ3n) is 2.33. The molecule has 0 radical (unpaired) electrons. The Morgan fingerprint density at radius 2 is 1.80 bits per heavy atom. The minimum Gasteiger partial charge on any atom is -0.480 e. The second-order valence-corrected chi connectivity index (χ2v) is 4.29. The molecule has 20 heavy (non-hydrogen) atoms. The number of urea groups is 1. The molecule has 0 fully saturated rings. The van der Waals surface area contributed by atoms with Gasteiger partial charge in [0.25, 0.3) is 0 Å². The number of aliphatic carboxylic acids is 1. The van der Waals surface area contributed by atoms with Gasteiger partial charge in [-0.15, -0.1) is 0 Å². The van der Waals surface area contributed by atoms with Crippen molar-refractivity contribution in [2.24, 2.45) is 0 Å². The number of rotatable bonds is 5. The molecule has 0 bridgehead atoms. The van der Waals surface area contributed by atoms with Crippen LogP contribution in [-0.2, 0) is 9.59 Å². The van der Waals surface area contributed by atoms with E-state index in [-0.39, 0.29) is 13.1 Å². The van der Waals surface area contributed by atoms with Crippen molar-refractivity contribution >= 4 is 35.2 Å². The highest BCUT2D eigenvalue weighted by molar-refractivity contribution is 6.30. The molecule has 1 aromatic rings. The highest BCUT2D eigenvalue weighted by Gasteiger charge is 2.16. The van der Waals surface area contributed by atoms with E-state index < -0.39 is 17.9 Å². The molecule has 0 aliphatic rings. The first-order valence-electron chi connectivity index (χ1n) is 5.66. The number of nitrogens with zero attached hydrogens (tertiary/aromatic N) is 1. The summed E-state index contributed by atoms with van der Waals surface area (Å²) in [5.74, 6) is -1.70. The SMILES string of the molecule is CNC(=O)NC(=O)CN(CC(=O)O)c1ccc(Cl)cc1. The van der Waals surface area contributed by atoms with Crippen LogP contribution in [0.15, 0.2) is 24.3 Å². The molecule has 0 saturated heterocycles. The van der Waals surface area contributed by atoms with Crippen LogP contribution >= 0.6 is 11.6 Å². The van der Waals surface area contributed by atoms with Gasteiger partial charge in [0.1, 0.15) is 6.54 Å². The van der Waals surface area contributed by atoms with E-state index in [2.05, 4.69) is 10.6 Å². The highest BCUT2D eigenvalue weighted by atomic mass is 35.5. The lowest BCUT2D eigenvalue weighted by Crippen LogP contribution is -2.44. The van der Waals surface area contributed by atoms with Crippen LogP contribution in [0, 0.1) is 0 Å². The number of carbonyl (C=O) groups is 3. The molecular weight excluding hydrogens is 286 g/mol. The molecule has 0 aromatic heterocycles. The van der Waals surface area contributed by atoms with Crippen molar-refractivity contribution in [1.29, 1.82) is 0 Å². The summed E-state index contributed by atoms with van der Waals surface area (Å²) in [5.41, 5.74) is 0.517. The monoisotopic (exact) mass is 299 g/mol. The standard InChI is InChI=1S/C12H14ClN3O4/c1-14-12(20)15-10(17)6-16(7-11(18)19)9-4-2-8(13)3-5-9/h2-5H,6-7H2,1H3,(H,18,19)(H2,14,15,17,20). The molecule has 8 heteroatoms. The van der Waals surface area contributed by atoms with Gasteiger partial charge in [0, 0.05) is 17.8 Å². The maximum atomic E-state index is 11.6. The minimum atomic E-state index is -1.09. The number of carbonyl (C=O) groups excluding carboxylic acids is 2. The minimum absolute atomic E-state index is 0.263. The fourth-order valence-electron chi connectivity index (χ4n) is 1.46. The Kier molecular flexibility index (Phi) is 5.79. The number of carboxylic acids is 1. The second kappa shape index (κ2) is 7.34. The van der Waals surface area contributed by atoms with Crippen LogP contribution in [0.25, 0.3) is 0 Å². The summed E-state index contributed by atoms with van der Waals surface area (Å²) in [6.45, 7) is -0.635. The zero-order valence-electron chi connectivity index (χ0n) is 10.7. The fourth-order valence-corrected chi connectivity index (χ4v) is 1.58. The van der Waals surface area contributed by atoms with Gasteiger partial charge in [0.15, 0.2) is 0 Å². The molecule has 1 aromatic carbocycles. The van der Waals surface area contributed by atoms with Crippen molar-refractivity contribution in [3.8, 4) is 0 Å². The van der Waals surface area contributed by atoms with Crippen molar-refractivity contribution in [3.05, 3.63) is 29.3 Å². The normalized spacial score (nSPS) is 9.70. The Morgan fingerprint density at radius 1 is 1.20 bits per heavy atom. The molecule has 108 valence electrons. The van der Waals surface area contributed by atoms with Gasteiger partial charge in [0.2, 0.25) is 5.91 Å². The summed E-state index contributed by atoms with van der Waals surface area (Å²) >= 11 is 5.75. The summed E-state index contributed by atoms with van der Waals surface area (Å²) < 4.78 is 0. The second-order valence-electron chi connectivity index (χ2n) is 3.85. The number of halogens is 1. The maximum absolute atomic E-state index is 11.6. The van der Waals surface area contributed by atoms with Crippen LogP contribution in [0.5, 0.6) is 0 Å². The number of nitrogens with one attached hydrogen (secondary N) is 2. The molecule has 0 heterocycles. The van der Waals surface area contributed by atoms with Gasteiger partial charge in [0.05, 0.1) is 6.54 Å². The lowest BCUT2D eigenvalue weighted by Gasteiger charge is -2.22. The number of anilines is 1. The van der Waals surface area contributed by atoms with Crippen molar-refractivity contribution in [3.63, 3.8) is 0 Å². The molecule has 0 unspecified atom stereocenters. The molecule has 0 aliphatic heterocycles. The lowest BCUT2D eigenvalue weighted by molar-refractivity contribution is -0.135. The molecular formula is C12H14ClN3O4. The van der Waals surface area contributed by atoms with Gasteiger partial charge < -0.3 is 15.3 Å². The Labute approximate surface area is 120 Å². The molecule has 3 amide bonds. The topological polar surface area (TPSA) is 98.7 Å². The average molecular weight is 300 g/mol. The van der Waals surface area contributed by atoms with Crippen molar-refractivity contribution in [2.75, 3.05) is 25.0 Å². The van der Waals surface area contributed by atoms with E-state index in [0.29, 0.717) is 10.7 Å². The van der Waals surface area contributed by atoms with Gasteiger partial charge in [-0.2, -0.15) is 0 Å². The van der Waals surface area contributed by atoms with Gasteiger partial charge >= 0.3 is 12.0 Å². The van der Waals surface area contributed by atoms with E-state index in [1.165, 1.54) is 11.9 Å². The van der Waals surface area contributed by atoms with E-state index in [1.54, 1.807) is 24.3 Å². The summed E-state index contributed by atoms with van der Waals surface area (Å²) in [7, 11) is 1.37. The average Bonchev–Trinajstić information content (AvgIpc) is 2.38. The predicted molar refractivity (Wildman–Crippen MR) is 73.9 cm³/mol. The number of imide groups is 1. The maximum Gasteiger partial charge on any atom is 0.323 e. The van der Waals surface area contributed by atoms with Crippen LogP contribution in [0.4, 0.5) is 10.5 Å². The van der Waals surface area contributed by atoms with E-state index in [9.17, 15) is 14.4 Å². The van der Waals surface area contributed by atoms with Crippen molar-refractivity contribution in [2.45, 2.75) is 0 Å². The lowest BCUT2D eigenvalue weighted by atomic mass is 10.2. The number of amides is 3. The zero-order chi connectivity index (χ0) is 15.1. The molecule has 0 aliphatic carbocycles. The smallest absolute Gasteiger partial charge is 0.323 e. The number of benzene rings is 1. The summed E-state index contributed by atoms with van der Waals surface area (Å²) in [6.07, 6.45) is 0. The number of hydrogen-bond acceptors (Lipinski definition) is 4. The zero-order valence-corrected chi connectivity index (χ0v) is 11.5. The van der Waals surface area contributed by atoms with Crippen LogP contribution in [0.1, 0.15) is 0 Å². The van der Waals surface area contributed by atoms with E-state index in [0.717, 1.165) is 0 Å². The Bertz CT molecular complexity index is 504. The molecule has 0 spiro atoms. The van der Waals surface area contributed by atoms with Gasteiger partial charge in [-0.05, 0) is 24.3 Å². The third-order valence-corrected chi connectivity index (χ3v) is 2.58. The van der Waals surface area contributed by atoms with Gasteiger partial charge in [-0.1, -0.05) is 11.6 Å². The fraction of sp³-hybridized carbons (Fsp3) is 0.250. The Hall–Kier alpha value is -2.28. The first-order valence-corrected chi connectivity index (χ1v) is 6.04. The largest absolute Gasteiger partial charge is 0.480 e. The molecule has 3 N–H and O–H groups in total. The number of carboxylic acid groups (broad SMARTS) is 1. The highest BCUT2D eigenvalue weighted by Crippen LogP contribution is 2.17. The predicted octanol–water partition coefficient (Wildman–Crippen LogP) is 0.687. The summed E-state index contributed by atoms with van der Waals surface area (Å²) in [4.78, 5) is 34.8. The molecule has 0 atom stereocenters. The van der Waals surface area contributed by atoms with Crippen LogP contribution < -0.4 is 15.5 Å². The van der Waals surface area contributed by atoms with Crippen molar-refractivity contribution in [1.82, 2.24) is 10.6 Å². The molecule has 1 rings (SSSR count). The van der Waals surface area contributed by atoms with Crippen molar-refractivity contribution < 1.29 is 19.5 Å². The quantitative estimate of drug-likeness (QED) is 0.743. The van der Waals surface area contributed by atoms with Gasteiger partial charge in [-0.25, -0.2) is 4.79 Å². The van der Waals surface area contributed by atoms with E-state index >= 15 is 0 Å². The first-order chi connectivity index (χ1) is 9.42. The van der Waals surface area contributed by atoms with Crippen LogP contribution in [-0.4, -0.2) is 43.2 Å². The van der Waals surface area contributed by atoms with E-state index in [1.807, 2.05) is 0 Å². The third kappa shape index (κ3) is 5.15. The van der Waals surface area contributed by atoms with E-state index in [4.69, 9.17) is 16.7 Å². The molecule has 7 nitrogen and oxygen atoms in total. The summed E-state index contributed by atoms with van der Waals surface area (Å²) in [5, 5.41) is 13.7. The molecule has 0 saturated carbocycles. The number of hydrogen-bond donors (Lipinski definition) is 3. The Morgan fingerprint density at radius 3 is 2.30 bits per heavy atom. The van der Waals surface area contributed by atoms with Crippen LogP contribution in [0.2, 0.25) is 5.02 Å². The van der Waals surface area contributed by atoms with Crippen LogP contribution in [0.3, 0.4) is 0 Å². The summed E-state index contributed by atoms with van der Waals surface area (Å²) in [6, 6.07) is 5.71. The first kappa shape index (κ1) is 15.8. The van der Waals surface area contributed by atoms with Gasteiger partial charge in [-0.3, -0.25) is 14.9 Å². The Balaban J connectivity index is 2.79.